The van der Waals surface area contributed by atoms with E-state index in [0.717, 1.165) is 0 Å². The van der Waals surface area contributed by atoms with E-state index in [2.05, 4.69) is 4.98 Å². The molecular formula is C11H12N2O3. The molecule has 84 valence electrons. The third kappa shape index (κ3) is 2.04. The minimum absolute atomic E-state index is 0.208. The molecule has 0 amide bonds. The van der Waals surface area contributed by atoms with Gasteiger partial charge in [0.2, 0.25) is 5.89 Å². The highest BCUT2D eigenvalue weighted by atomic mass is 16.4. The van der Waals surface area contributed by atoms with Gasteiger partial charge in [0.1, 0.15) is 5.52 Å². The number of aromatic carboxylic acids is 1. The highest BCUT2D eigenvalue weighted by molar-refractivity contribution is 5.91. The van der Waals surface area contributed by atoms with Crippen LogP contribution in [0.4, 0.5) is 0 Å². The van der Waals surface area contributed by atoms with Gasteiger partial charge in [-0.1, -0.05) is 0 Å². The number of fused-ring (bicyclic) bond motifs is 1. The van der Waals surface area contributed by atoms with Crippen LogP contribution in [0.3, 0.4) is 0 Å². The average molecular weight is 220 g/mol. The van der Waals surface area contributed by atoms with Crippen molar-refractivity contribution in [3.63, 3.8) is 0 Å². The lowest BCUT2D eigenvalue weighted by Gasteiger charge is -2.03. The summed E-state index contributed by atoms with van der Waals surface area (Å²) >= 11 is 0. The average Bonchev–Trinajstić information content (AvgIpc) is 2.56. The molecule has 0 atom stereocenters. The van der Waals surface area contributed by atoms with E-state index < -0.39 is 5.97 Å². The minimum Gasteiger partial charge on any atom is -0.478 e. The first kappa shape index (κ1) is 10.6. The molecule has 0 spiro atoms. The Labute approximate surface area is 92.3 Å². The Hall–Kier alpha value is -1.88. The number of carbonyl (C=O) groups is 1. The Bertz CT molecular complexity index is 531. The van der Waals surface area contributed by atoms with Gasteiger partial charge >= 0.3 is 5.97 Å². The molecule has 1 aromatic heterocycles. The van der Waals surface area contributed by atoms with Crippen LogP contribution < -0.4 is 0 Å². The maximum absolute atomic E-state index is 10.8. The van der Waals surface area contributed by atoms with E-state index in [4.69, 9.17) is 9.52 Å². The second-order valence-corrected chi connectivity index (χ2v) is 3.83. The summed E-state index contributed by atoms with van der Waals surface area (Å²) in [5.41, 5.74) is 1.40. The SMILES string of the molecule is CN(C)Cc1nc2ccc(C(=O)O)cc2o1. The van der Waals surface area contributed by atoms with Gasteiger partial charge in [0.25, 0.3) is 0 Å². The van der Waals surface area contributed by atoms with Crippen LogP contribution in [0.25, 0.3) is 11.1 Å². The number of benzene rings is 1. The fraction of sp³-hybridized carbons (Fsp3) is 0.273. The number of nitrogens with zero attached hydrogens (tertiary/aromatic N) is 2. The normalized spacial score (nSPS) is 11.2. The van der Waals surface area contributed by atoms with Gasteiger partial charge in [-0.15, -0.1) is 0 Å². The Kier molecular flexibility index (Phi) is 2.62. The summed E-state index contributed by atoms with van der Waals surface area (Å²) in [7, 11) is 3.83. The predicted octanol–water partition coefficient (Wildman–Crippen LogP) is 1.59. The Morgan fingerprint density at radius 2 is 2.25 bits per heavy atom. The first-order valence-corrected chi connectivity index (χ1v) is 4.84. The third-order valence-electron chi connectivity index (χ3n) is 2.13. The van der Waals surface area contributed by atoms with Gasteiger partial charge in [-0.2, -0.15) is 0 Å². The number of hydrogen-bond donors (Lipinski definition) is 1. The molecule has 0 saturated carbocycles. The molecule has 0 aliphatic rings. The highest BCUT2D eigenvalue weighted by Gasteiger charge is 2.09. The number of aromatic nitrogens is 1. The number of carboxylic acid groups (broad SMARTS) is 1. The van der Waals surface area contributed by atoms with Crippen molar-refractivity contribution in [2.45, 2.75) is 6.54 Å². The monoisotopic (exact) mass is 220 g/mol. The van der Waals surface area contributed by atoms with Crippen molar-refractivity contribution in [3.05, 3.63) is 29.7 Å². The first-order chi connectivity index (χ1) is 7.56. The second-order valence-electron chi connectivity index (χ2n) is 3.83. The summed E-state index contributed by atoms with van der Waals surface area (Å²) < 4.78 is 5.45. The summed E-state index contributed by atoms with van der Waals surface area (Å²) in [6.07, 6.45) is 0. The van der Waals surface area contributed by atoms with E-state index in [1.54, 1.807) is 6.07 Å². The molecule has 0 bridgehead atoms. The lowest BCUT2D eigenvalue weighted by Crippen LogP contribution is -2.10. The van der Waals surface area contributed by atoms with Crippen molar-refractivity contribution in [2.24, 2.45) is 0 Å². The Morgan fingerprint density at radius 1 is 1.50 bits per heavy atom. The molecule has 5 nitrogen and oxygen atoms in total. The maximum atomic E-state index is 10.8. The van der Waals surface area contributed by atoms with Crippen LogP contribution >= 0.6 is 0 Å². The van der Waals surface area contributed by atoms with Crippen molar-refractivity contribution in [2.75, 3.05) is 14.1 Å². The van der Waals surface area contributed by atoms with Crippen LogP contribution in [0.15, 0.2) is 22.6 Å². The summed E-state index contributed by atoms with van der Waals surface area (Å²) in [4.78, 5) is 16.9. The van der Waals surface area contributed by atoms with E-state index in [1.807, 2.05) is 19.0 Å². The maximum Gasteiger partial charge on any atom is 0.335 e. The Balaban J connectivity index is 2.42. The fourth-order valence-corrected chi connectivity index (χ4v) is 1.44. The molecule has 1 N–H and O–H groups in total. The molecule has 0 aliphatic heterocycles. The van der Waals surface area contributed by atoms with Crippen molar-refractivity contribution in [1.82, 2.24) is 9.88 Å². The van der Waals surface area contributed by atoms with Crippen LogP contribution in [0.5, 0.6) is 0 Å². The number of hydrogen-bond acceptors (Lipinski definition) is 4. The summed E-state index contributed by atoms with van der Waals surface area (Å²) in [5, 5.41) is 8.83. The summed E-state index contributed by atoms with van der Waals surface area (Å²) in [6, 6.07) is 4.66. The van der Waals surface area contributed by atoms with Crippen LogP contribution in [0.1, 0.15) is 16.2 Å². The zero-order valence-electron chi connectivity index (χ0n) is 9.10. The van der Waals surface area contributed by atoms with Crippen LogP contribution in [-0.2, 0) is 6.54 Å². The molecule has 0 fully saturated rings. The van der Waals surface area contributed by atoms with Crippen LogP contribution in [0, 0.1) is 0 Å². The smallest absolute Gasteiger partial charge is 0.335 e. The van der Waals surface area contributed by atoms with E-state index in [-0.39, 0.29) is 5.56 Å². The molecule has 2 rings (SSSR count). The lowest BCUT2D eigenvalue weighted by atomic mass is 10.2. The van der Waals surface area contributed by atoms with Crippen molar-refractivity contribution < 1.29 is 14.3 Å². The van der Waals surface area contributed by atoms with E-state index >= 15 is 0 Å². The largest absolute Gasteiger partial charge is 0.478 e. The molecule has 2 aromatic rings. The molecular weight excluding hydrogens is 208 g/mol. The molecule has 5 heteroatoms. The van der Waals surface area contributed by atoms with Gasteiger partial charge in [0.05, 0.1) is 12.1 Å². The third-order valence-corrected chi connectivity index (χ3v) is 2.13. The number of oxazole rings is 1. The Morgan fingerprint density at radius 3 is 2.88 bits per heavy atom. The second kappa shape index (κ2) is 3.94. The quantitative estimate of drug-likeness (QED) is 0.850. The van der Waals surface area contributed by atoms with Crippen molar-refractivity contribution >= 4 is 17.1 Å². The van der Waals surface area contributed by atoms with Gasteiger partial charge in [0.15, 0.2) is 5.58 Å². The van der Waals surface area contributed by atoms with Crippen LogP contribution in [-0.4, -0.2) is 35.1 Å². The molecule has 16 heavy (non-hydrogen) atoms. The van der Waals surface area contributed by atoms with Crippen molar-refractivity contribution in [3.8, 4) is 0 Å². The van der Waals surface area contributed by atoms with Gasteiger partial charge in [-0.3, -0.25) is 0 Å². The summed E-state index contributed by atoms with van der Waals surface area (Å²) in [6.45, 7) is 0.594. The molecule has 0 aliphatic carbocycles. The zero-order chi connectivity index (χ0) is 11.7. The van der Waals surface area contributed by atoms with Crippen LogP contribution in [0.2, 0.25) is 0 Å². The van der Waals surface area contributed by atoms with Gasteiger partial charge in [-0.05, 0) is 32.3 Å². The molecule has 0 saturated heterocycles. The number of carboxylic acids is 1. The zero-order valence-corrected chi connectivity index (χ0v) is 9.10. The molecule has 0 unspecified atom stereocenters. The molecule has 1 heterocycles. The minimum atomic E-state index is -0.965. The first-order valence-electron chi connectivity index (χ1n) is 4.84. The standard InChI is InChI=1S/C11H12N2O3/c1-13(2)6-10-12-8-4-3-7(11(14)15)5-9(8)16-10/h3-5H,6H2,1-2H3,(H,14,15). The lowest BCUT2D eigenvalue weighted by molar-refractivity contribution is 0.0697. The van der Waals surface area contributed by atoms with Crippen molar-refractivity contribution in [1.29, 1.82) is 0 Å². The number of rotatable bonds is 3. The molecule has 0 radical (unpaired) electrons. The van der Waals surface area contributed by atoms with Gasteiger partial charge in [-0.25, -0.2) is 9.78 Å². The van der Waals surface area contributed by atoms with Gasteiger partial charge in [0, 0.05) is 0 Å². The van der Waals surface area contributed by atoms with E-state index in [9.17, 15) is 4.79 Å². The van der Waals surface area contributed by atoms with E-state index in [1.165, 1.54) is 12.1 Å². The predicted molar refractivity (Wildman–Crippen MR) is 58.4 cm³/mol. The topological polar surface area (TPSA) is 66.6 Å². The highest BCUT2D eigenvalue weighted by Crippen LogP contribution is 2.17. The molecule has 1 aromatic carbocycles. The summed E-state index contributed by atoms with van der Waals surface area (Å²) in [5.74, 6) is -0.380. The fourth-order valence-electron chi connectivity index (χ4n) is 1.44. The van der Waals surface area contributed by atoms with Gasteiger partial charge < -0.3 is 14.4 Å². The van der Waals surface area contributed by atoms with E-state index in [0.29, 0.717) is 23.5 Å².